The quantitative estimate of drug-likeness (QED) is 0.646. The molecule has 0 bridgehead atoms. The number of nitrogens with zero attached hydrogens (tertiary/aromatic N) is 5. The van der Waals surface area contributed by atoms with Gasteiger partial charge in [-0.15, -0.1) is 0 Å². The zero-order valence-corrected chi connectivity index (χ0v) is 15.5. The van der Waals surface area contributed by atoms with Crippen molar-refractivity contribution in [2.45, 2.75) is 0 Å². The third kappa shape index (κ3) is 2.88. The highest BCUT2D eigenvalue weighted by Gasteiger charge is 2.27. The molecule has 3 aromatic heterocycles. The van der Waals surface area contributed by atoms with Crippen LogP contribution in [0, 0.1) is 0 Å². The van der Waals surface area contributed by atoms with Crippen molar-refractivity contribution >= 4 is 28.8 Å². The predicted molar refractivity (Wildman–Crippen MR) is 103 cm³/mol. The fourth-order valence-electron chi connectivity index (χ4n) is 3.23. The molecule has 10 nitrogen and oxygen atoms in total. The number of nitrogens with one attached hydrogen (secondary N) is 2. The first kappa shape index (κ1) is 17.7. The van der Waals surface area contributed by atoms with E-state index in [2.05, 4.69) is 20.3 Å². The predicted octanol–water partition coefficient (Wildman–Crippen LogP) is -0.253. The van der Waals surface area contributed by atoms with Crippen LogP contribution < -0.4 is 15.9 Å². The molecule has 10 heteroatoms. The molecule has 0 spiro atoms. The Morgan fingerprint density at radius 2 is 2.07 bits per heavy atom. The average molecular weight is 381 g/mol. The fraction of sp³-hybridized carbons (Fsp3) is 0.278. The van der Waals surface area contributed by atoms with E-state index in [1.54, 1.807) is 54.4 Å². The number of carbonyl (C=O) groups is 2. The van der Waals surface area contributed by atoms with Crippen LogP contribution in [-0.2, 0) is 4.79 Å². The number of rotatable bonds is 3. The van der Waals surface area contributed by atoms with Gasteiger partial charge in [-0.1, -0.05) is 0 Å². The molecule has 4 heterocycles. The van der Waals surface area contributed by atoms with Crippen LogP contribution in [-0.4, -0.2) is 70.0 Å². The van der Waals surface area contributed by atoms with Crippen molar-refractivity contribution in [2.24, 2.45) is 0 Å². The topological polar surface area (TPSA) is 116 Å². The Morgan fingerprint density at radius 3 is 2.86 bits per heavy atom. The van der Waals surface area contributed by atoms with Gasteiger partial charge in [0.2, 0.25) is 5.91 Å². The molecule has 0 saturated heterocycles. The average Bonchev–Trinajstić information content (AvgIpc) is 2.99. The summed E-state index contributed by atoms with van der Waals surface area (Å²) in [5, 5.41) is 2.59. The Kier molecular flexibility index (Phi) is 4.30. The van der Waals surface area contributed by atoms with Crippen LogP contribution in [0.3, 0.4) is 0 Å². The lowest BCUT2D eigenvalue weighted by Gasteiger charge is -2.22. The molecule has 1 aliphatic heterocycles. The molecular weight excluding hydrogens is 362 g/mol. The van der Waals surface area contributed by atoms with E-state index in [-0.39, 0.29) is 24.0 Å². The molecule has 144 valence electrons. The molecule has 2 N–H and O–H groups in total. The van der Waals surface area contributed by atoms with Crippen molar-refractivity contribution in [3.05, 3.63) is 46.5 Å². The van der Waals surface area contributed by atoms with Crippen molar-refractivity contribution in [2.75, 3.05) is 38.6 Å². The molecule has 0 radical (unpaired) electrons. The maximum absolute atomic E-state index is 12.7. The van der Waals surface area contributed by atoms with Crippen molar-refractivity contribution < 1.29 is 9.59 Å². The molecular formula is C18H19N7O3. The van der Waals surface area contributed by atoms with Crippen LogP contribution in [0.1, 0.15) is 10.4 Å². The Bertz CT molecular complexity index is 1130. The van der Waals surface area contributed by atoms with Crippen LogP contribution >= 0.6 is 0 Å². The fourth-order valence-corrected chi connectivity index (χ4v) is 3.23. The Morgan fingerprint density at radius 1 is 1.25 bits per heavy atom. The van der Waals surface area contributed by atoms with Crippen LogP contribution in [0.25, 0.3) is 17.0 Å². The third-order valence-electron chi connectivity index (χ3n) is 4.74. The van der Waals surface area contributed by atoms with Gasteiger partial charge >= 0.3 is 5.69 Å². The first-order chi connectivity index (χ1) is 13.5. The van der Waals surface area contributed by atoms with E-state index in [1.165, 1.54) is 4.57 Å². The second kappa shape index (κ2) is 6.80. The van der Waals surface area contributed by atoms with Gasteiger partial charge in [-0.3, -0.25) is 14.6 Å². The van der Waals surface area contributed by atoms with E-state index in [0.29, 0.717) is 41.5 Å². The maximum atomic E-state index is 12.7. The molecule has 0 aromatic carbocycles. The van der Waals surface area contributed by atoms with E-state index in [1.807, 2.05) is 0 Å². The van der Waals surface area contributed by atoms with Gasteiger partial charge in [-0.25, -0.2) is 19.3 Å². The largest absolute Gasteiger partial charge is 0.358 e. The summed E-state index contributed by atoms with van der Waals surface area (Å²) in [6.45, 7) is 0.966. The molecule has 0 atom stereocenters. The first-order valence-electron chi connectivity index (χ1n) is 8.77. The van der Waals surface area contributed by atoms with Crippen LogP contribution in [0.5, 0.6) is 0 Å². The van der Waals surface area contributed by atoms with Crippen molar-refractivity contribution in [1.29, 1.82) is 0 Å². The lowest BCUT2D eigenvalue weighted by atomic mass is 10.2. The zero-order chi connectivity index (χ0) is 19.8. The summed E-state index contributed by atoms with van der Waals surface area (Å²) in [5.74, 6) is 0.355. The normalized spacial score (nSPS) is 14.1. The van der Waals surface area contributed by atoms with Crippen LogP contribution in [0.15, 0.2) is 35.3 Å². The van der Waals surface area contributed by atoms with Gasteiger partial charge in [0.1, 0.15) is 11.6 Å². The molecule has 0 unspecified atom stereocenters. The summed E-state index contributed by atoms with van der Waals surface area (Å²) in [5.41, 5.74) is 1.03. The Labute approximate surface area is 159 Å². The third-order valence-corrected chi connectivity index (χ3v) is 4.74. The molecule has 2 amide bonds. The number of H-pyrrole nitrogens is 1. The number of carbonyl (C=O) groups excluding carboxylic acids is 2. The number of pyridine rings is 2. The molecule has 0 aliphatic carbocycles. The molecule has 1 aliphatic rings. The van der Waals surface area contributed by atoms with Gasteiger partial charge in [0.15, 0.2) is 5.65 Å². The highest BCUT2D eigenvalue weighted by Crippen LogP contribution is 2.24. The summed E-state index contributed by atoms with van der Waals surface area (Å²) < 4.78 is 1.40. The molecule has 0 fully saturated rings. The Balaban J connectivity index is 1.88. The SMILES string of the molecule is CNC(=O)CN1CCN(C)C(=O)c2ccc(-n3c(=O)[nH]c4ncccc43)nc21. The van der Waals surface area contributed by atoms with Gasteiger partial charge in [0, 0.05) is 33.4 Å². The number of imidazole rings is 1. The number of hydrogen-bond acceptors (Lipinski definition) is 6. The van der Waals surface area contributed by atoms with E-state index in [0.717, 1.165) is 0 Å². The number of likely N-dealkylation sites (N-methyl/N-ethyl adjacent to an activating group) is 2. The monoisotopic (exact) mass is 381 g/mol. The molecule has 0 saturated carbocycles. The van der Waals surface area contributed by atoms with Gasteiger partial charge in [-0.2, -0.15) is 0 Å². The minimum absolute atomic E-state index is 0.0609. The summed E-state index contributed by atoms with van der Waals surface area (Å²) in [6, 6.07) is 6.75. The van der Waals surface area contributed by atoms with E-state index < -0.39 is 0 Å². The van der Waals surface area contributed by atoms with E-state index in [4.69, 9.17) is 0 Å². The van der Waals surface area contributed by atoms with E-state index >= 15 is 0 Å². The lowest BCUT2D eigenvalue weighted by Crippen LogP contribution is -2.39. The van der Waals surface area contributed by atoms with E-state index in [9.17, 15) is 14.4 Å². The summed E-state index contributed by atoms with van der Waals surface area (Å²) >= 11 is 0. The minimum Gasteiger partial charge on any atom is -0.358 e. The number of hydrogen-bond donors (Lipinski definition) is 2. The smallest absolute Gasteiger partial charge is 0.333 e. The summed E-state index contributed by atoms with van der Waals surface area (Å²) in [6.07, 6.45) is 1.59. The van der Waals surface area contributed by atoms with Crippen LogP contribution in [0.2, 0.25) is 0 Å². The van der Waals surface area contributed by atoms with Gasteiger partial charge in [-0.05, 0) is 24.3 Å². The highest BCUT2D eigenvalue weighted by molar-refractivity contribution is 6.00. The molecule has 4 rings (SSSR count). The summed E-state index contributed by atoms with van der Waals surface area (Å²) in [7, 11) is 3.26. The number of aromatic nitrogens is 4. The molecule has 3 aromatic rings. The maximum Gasteiger partial charge on any atom is 0.333 e. The van der Waals surface area contributed by atoms with Crippen molar-refractivity contribution in [3.63, 3.8) is 0 Å². The van der Waals surface area contributed by atoms with Crippen molar-refractivity contribution in [1.82, 2.24) is 29.7 Å². The lowest BCUT2D eigenvalue weighted by molar-refractivity contribution is -0.119. The number of aromatic amines is 1. The first-order valence-corrected chi connectivity index (χ1v) is 8.77. The number of fused-ring (bicyclic) bond motifs is 2. The minimum atomic E-state index is -0.379. The zero-order valence-electron chi connectivity index (χ0n) is 15.5. The highest BCUT2D eigenvalue weighted by atomic mass is 16.2. The Hall–Kier alpha value is -3.69. The second-order valence-corrected chi connectivity index (χ2v) is 6.50. The molecule has 28 heavy (non-hydrogen) atoms. The standard InChI is InChI=1S/C18H19N7O3/c1-19-14(26)10-24-9-8-23(2)17(27)11-5-6-13(21-16(11)24)25-12-4-3-7-20-15(12)22-18(25)28/h3-7H,8-10H2,1-2H3,(H,19,26)(H,20,22,28). The van der Waals surface area contributed by atoms with Crippen LogP contribution in [0.4, 0.5) is 5.82 Å². The number of anilines is 1. The second-order valence-electron chi connectivity index (χ2n) is 6.50. The summed E-state index contributed by atoms with van der Waals surface area (Å²) in [4.78, 5) is 51.9. The van der Waals surface area contributed by atoms with Gasteiger partial charge in [0.25, 0.3) is 5.91 Å². The van der Waals surface area contributed by atoms with Gasteiger partial charge < -0.3 is 15.1 Å². The van der Waals surface area contributed by atoms with Crippen molar-refractivity contribution in [3.8, 4) is 5.82 Å². The van der Waals surface area contributed by atoms with Gasteiger partial charge in [0.05, 0.1) is 17.6 Å². The number of amides is 2.